The summed E-state index contributed by atoms with van der Waals surface area (Å²) in [6.45, 7) is 5.97. The molecular formula is C14H22N2O3. The van der Waals surface area contributed by atoms with Gasteiger partial charge in [0.25, 0.3) is 5.91 Å². The van der Waals surface area contributed by atoms with Crippen LogP contribution in [-0.4, -0.2) is 27.6 Å². The molecule has 1 aromatic rings. The van der Waals surface area contributed by atoms with Crippen LogP contribution < -0.4 is 5.32 Å². The Morgan fingerprint density at radius 1 is 1.42 bits per heavy atom. The zero-order valence-electron chi connectivity index (χ0n) is 11.7. The first kappa shape index (κ1) is 15.3. The fraction of sp³-hybridized carbons (Fsp3) is 0.571. The quantitative estimate of drug-likeness (QED) is 0.796. The van der Waals surface area contributed by atoms with Gasteiger partial charge in [-0.3, -0.25) is 9.59 Å². The molecule has 0 aliphatic heterocycles. The Labute approximate surface area is 113 Å². The number of nitrogens with one attached hydrogen (secondary N) is 1. The van der Waals surface area contributed by atoms with Crippen molar-refractivity contribution in [2.75, 3.05) is 0 Å². The molecule has 106 valence electrons. The molecule has 0 saturated heterocycles. The van der Waals surface area contributed by atoms with Gasteiger partial charge in [0, 0.05) is 18.3 Å². The summed E-state index contributed by atoms with van der Waals surface area (Å²) in [7, 11) is 0. The van der Waals surface area contributed by atoms with Crippen LogP contribution in [0.2, 0.25) is 0 Å². The lowest BCUT2D eigenvalue weighted by atomic mass is 10.1. The summed E-state index contributed by atoms with van der Waals surface area (Å²) in [5, 5.41) is 11.6. The van der Waals surface area contributed by atoms with Gasteiger partial charge < -0.3 is 15.0 Å². The van der Waals surface area contributed by atoms with Crippen molar-refractivity contribution in [1.29, 1.82) is 0 Å². The van der Waals surface area contributed by atoms with Crippen LogP contribution in [0.3, 0.4) is 0 Å². The molecule has 2 N–H and O–H groups in total. The minimum atomic E-state index is -0.891. The Morgan fingerprint density at radius 2 is 2.11 bits per heavy atom. The van der Waals surface area contributed by atoms with Crippen LogP contribution in [0.5, 0.6) is 0 Å². The van der Waals surface area contributed by atoms with Gasteiger partial charge >= 0.3 is 5.97 Å². The molecule has 0 aliphatic rings. The molecule has 1 amide bonds. The summed E-state index contributed by atoms with van der Waals surface area (Å²) in [4.78, 5) is 22.9. The predicted molar refractivity (Wildman–Crippen MR) is 73.2 cm³/mol. The van der Waals surface area contributed by atoms with E-state index in [1.54, 1.807) is 6.07 Å². The van der Waals surface area contributed by atoms with E-state index in [9.17, 15) is 9.59 Å². The second-order valence-electron chi connectivity index (χ2n) is 4.95. The summed E-state index contributed by atoms with van der Waals surface area (Å²) in [5.74, 6) is -1.10. The van der Waals surface area contributed by atoms with Crippen LogP contribution in [0.1, 0.15) is 56.6 Å². The lowest BCUT2D eigenvalue weighted by Gasteiger charge is -2.18. The molecule has 19 heavy (non-hydrogen) atoms. The molecule has 0 saturated carbocycles. The number of nitrogens with zero attached hydrogens (tertiary/aromatic N) is 1. The van der Waals surface area contributed by atoms with Gasteiger partial charge in [-0.15, -0.1) is 0 Å². The highest BCUT2D eigenvalue weighted by atomic mass is 16.4. The number of carbonyl (C=O) groups excluding carboxylic acids is 1. The van der Waals surface area contributed by atoms with Crippen LogP contribution in [0.25, 0.3) is 0 Å². The highest BCUT2D eigenvalue weighted by Crippen LogP contribution is 2.12. The highest BCUT2D eigenvalue weighted by molar-refractivity contribution is 5.93. The van der Waals surface area contributed by atoms with Crippen molar-refractivity contribution in [1.82, 2.24) is 9.88 Å². The van der Waals surface area contributed by atoms with Crippen molar-refractivity contribution in [3.63, 3.8) is 0 Å². The monoisotopic (exact) mass is 266 g/mol. The van der Waals surface area contributed by atoms with Gasteiger partial charge in [0.15, 0.2) is 0 Å². The van der Waals surface area contributed by atoms with Crippen LogP contribution in [0, 0.1) is 0 Å². The molecule has 1 rings (SSSR count). The van der Waals surface area contributed by atoms with E-state index in [1.165, 1.54) is 0 Å². The fourth-order valence-electron chi connectivity index (χ4n) is 2.08. The fourth-order valence-corrected chi connectivity index (χ4v) is 2.08. The molecule has 5 nitrogen and oxygen atoms in total. The van der Waals surface area contributed by atoms with Crippen molar-refractivity contribution in [2.45, 2.75) is 52.1 Å². The van der Waals surface area contributed by atoms with E-state index in [2.05, 4.69) is 5.32 Å². The maximum atomic E-state index is 12.2. The summed E-state index contributed by atoms with van der Waals surface area (Å²) in [6.07, 6.45) is 3.32. The van der Waals surface area contributed by atoms with Gasteiger partial charge in [0.05, 0.1) is 6.42 Å². The zero-order valence-corrected chi connectivity index (χ0v) is 11.7. The molecule has 0 aromatic carbocycles. The number of rotatable bonds is 7. The number of carboxylic acid groups (broad SMARTS) is 1. The Balaban J connectivity index is 2.75. The number of amides is 1. The van der Waals surface area contributed by atoms with Gasteiger partial charge in [-0.2, -0.15) is 0 Å². The van der Waals surface area contributed by atoms with Crippen molar-refractivity contribution in [3.8, 4) is 0 Å². The molecule has 0 bridgehead atoms. The molecule has 5 heteroatoms. The molecule has 1 unspecified atom stereocenters. The number of carboxylic acids is 1. The predicted octanol–water partition coefficient (Wildman–Crippen LogP) is 2.44. The van der Waals surface area contributed by atoms with E-state index in [0.29, 0.717) is 12.1 Å². The zero-order chi connectivity index (χ0) is 14.4. The maximum absolute atomic E-state index is 12.2. The van der Waals surface area contributed by atoms with E-state index in [0.717, 1.165) is 6.42 Å². The van der Waals surface area contributed by atoms with E-state index in [4.69, 9.17) is 5.11 Å². The lowest BCUT2D eigenvalue weighted by molar-refractivity contribution is -0.137. The van der Waals surface area contributed by atoms with E-state index >= 15 is 0 Å². The second-order valence-corrected chi connectivity index (χ2v) is 4.95. The van der Waals surface area contributed by atoms with Crippen molar-refractivity contribution in [2.24, 2.45) is 0 Å². The average molecular weight is 266 g/mol. The number of carbonyl (C=O) groups is 2. The normalized spacial score (nSPS) is 12.4. The lowest BCUT2D eigenvalue weighted by Crippen LogP contribution is -2.37. The van der Waals surface area contributed by atoms with Gasteiger partial charge in [-0.25, -0.2) is 0 Å². The van der Waals surface area contributed by atoms with E-state index in [1.807, 2.05) is 37.6 Å². The van der Waals surface area contributed by atoms with Crippen molar-refractivity contribution in [3.05, 3.63) is 24.0 Å². The topological polar surface area (TPSA) is 71.3 Å². The maximum Gasteiger partial charge on any atom is 0.305 e. The molecule has 1 aromatic heterocycles. The summed E-state index contributed by atoms with van der Waals surface area (Å²) < 4.78 is 1.87. The molecule has 0 spiro atoms. The summed E-state index contributed by atoms with van der Waals surface area (Å²) >= 11 is 0. The Kier molecular flexibility index (Phi) is 5.60. The molecular weight excluding hydrogens is 244 g/mol. The minimum Gasteiger partial charge on any atom is -0.481 e. The SMILES string of the molecule is CCCC(CC(=O)O)NC(=O)c1cccn1C(C)C. The van der Waals surface area contributed by atoms with Gasteiger partial charge in [0.2, 0.25) is 0 Å². The van der Waals surface area contributed by atoms with Gasteiger partial charge in [-0.05, 0) is 32.4 Å². The molecule has 0 aliphatic carbocycles. The smallest absolute Gasteiger partial charge is 0.305 e. The standard InChI is InChI=1S/C14H22N2O3/c1-4-6-11(9-13(17)18)15-14(19)12-7-5-8-16(12)10(2)3/h5,7-8,10-11H,4,6,9H2,1-3H3,(H,15,19)(H,17,18). The molecule has 0 radical (unpaired) electrons. The third kappa shape index (κ3) is 4.43. The molecule has 1 atom stereocenters. The minimum absolute atomic E-state index is 0.0397. The molecule has 1 heterocycles. The van der Waals surface area contributed by atoms with Gasteiger partial charge in [-0.1, -0.05) is 13.3 Å². The largest absolute Gasteiger partial charge is 0.481 e. The van der Waals surface area contributed by atoms with Crippen LogP contribution in [0.4, 0.5) is 0 Å². The van der Waals surface area contributed by atoms with Crippen LogP contribution in [-0.2, 0) is 4.79 Å². The number of hydrogen-bond acceptors (Lipinski definition) is 2. The number of aliphatic carboxylic acids is 1. The van der Waals surface area contributed by atoms with Crippen LogP contribution >= 0.6 is 0 Å². The average Bonchev–Trinajstić information content (AvgIpc) is 2.77. The first-order valence-electron chi connectivity index (χ1n) is 6.65. The Morgan fingerprint density at radius 3 is 2.63 bits per heavy atom. The van der Waals surface area contributed by atoms with Gasteiger partial charge in [0.1, 0.15) is 5.69 Å². The van der Waals surface area contributed by atoms with Crippen molar-refractivity contribution >= 4 is 11.9 Å². The Hall–Kier alpha value is -1.78. The van der Waals surface area contributed by atoms with Crippen molar-refractivity contribution < 1.29 is 14.7 Å². The highest BCUT2D eigenvalue weighted by Gasteiger charge is 2.18. The second kappa shape index (κ2) is 6.97. The molecule has 0 fully saturated rings. The van der Waals surface area contributed by atoms with E-state index in [-0.39, 0.29) is 24.4 Å². The van der Waals surface area contributed by atoms with E-state index < -0.39 is 5.97 Å². The number of aromatic nitrogens is 1. The number of hydrogen-bond donors (Lipinski definition) is 2. The summed E-state index contributed by atoms with van der Waals surface area (Å²) in [6, 6.07) is 3.45. The third-order valence-corrected chi connectivity index (χ3v) is 2.96. The third-order valence-electron chi connectivity index (χ3n) is 2.96. The van der Waals surface area contributed by atoms with Crippen LogP contribution in [0.15, 0.2) is 18.3 Å². The summed E-state index contributed by atoms with van der Waals surface area (Å²) in [5.41, 5.74) is 0.571. The Bertz CT molecular complexity index is 438. The first-order chi connectivity index (χ1) is 8.95. The first-order valence-corrected chi connectivity index (χ1v) is 6.65.